The first kappa shape index (κ1) is 12.9. The molecule has 0 heterocycles. The van der Waals surface area contributed by atoms with Gasteiger partial charge in [-0.15, -0.1) is 0 Å². The molecule has 88 valence electrons. The first-order valence-electron chi connectivity index (χ1n) is 4.89. The average Bonchev–Trinajstić information content (AvgIpc) is 2.15. The molecule has 0 spiro atoms. The van der Waals surface area contributed by atoms with Crippen molar-refractivity contribution < 1.29 is 23.6 Å². The van der Waals surface area contributed by atoms with Crippen molar-refractivity contribution in [3.63, 3.8) is 0 Å². The highest BCUT2D eigenvalue weighted by Gasteiger charge is 2.20. The Bertz CT molecular complexity index is 369. The fourth-order valence-electron chi connectivity index (χ4n) is 1.11. The summed E-state index contributed by atoms with van der Waals surface area (Å²) in [5.41, 5.74) is -0.403. The van der Waals surface area contributed by atoms with Gasteiger partial charge in [-0.1, -0.05) is 13.8 Å². The molecule has 0 bridgehead atoms. The third-order valence-electron chi connectivity index (χ3n) is 1.90. The number of hydrogen-bond acceptors (Lipinski definition) is 3. The summed E-state index contributed by atoms with van der Waals surface area (Å²) in [7, 11) is -1.98. The predicted octanol–water partition coefficient (Wildman–Crippen LogP) is 0.679. The van der Waals surface area contributed by atoms with Crippen LogP contribution >= 0.6 is 0 Å². The summed E-state index contributed by atoms with van der Waals surface area (Å²) in [6.07, 6.45) is 0. The summed E-state index contributed by atoms with van der Waals surface area (Å²) >= 11 is 0. The molecule has 0 atom stereocenters. The molecule has 1 aromatic rings. The summed E-state index contributed by atoms with van der Waals surface area (Å²) in [6.45, 7) is 4.02. The average molecular weight is 230 g/mol. The Hall–Kier alpha value is -1.14. The fraction of sp³-hybridized carbons (Fsp3) is 0.400. The van der Waals surface area contributed by atoms with Crippen LogP contribution in [0.1, 0.15) is 13.8 Å². The van der Waals surface area contributed by atoms with Crippen LogP contribution in [0.15, 0.2) is 12.1 Å². The third kappa shape index (κ3) is 3.18. The van der Waals surface area contributed by atoms with Crippen LogP contribution in [0.4, 0.5) is 8.78 Å². The van der Waals surface area contributed by atoms with E-state index in [2.05, 4.69) is 0 Å². The minimum Gasteiger partial charge on any atom is -0.490 e. The van der Waals surface area contributed by atoms with Gasteiger partial charge in [0.2, 0.25) is 0 Å². The quantitative estimate of drug-likeness (QED) is 0.747. The zero-order chi connectivity index (χ0) is 12.3. The number of halogens is 2. The molecule has 6 heteroatoms. The summed E-state index contributed by atoms with van der Waals surface area (Å²) in [6, 6.07) is 1.53. The van der Waals surface area contributed by atoms with E-state index in [0.29, 0.717) is 6.07 Å². The monoisotopic (exact) mass is 230 g/mol. The maximum absolute atomic E-state index is 13.2. The van der Waals surface area contributed by atoms with Gasteiger partial charge >= 0.3 is 7.12 Å². The molecule has 0 aromatic heterocycles. The van der Waals surface area contributed by atoms with Crippen LogP contribution in [-0.2, 0) is 0 Å². The number of hydrogen-bond donors (Lipinski definition) is 2. The lowest BCUT2D eigenvalue weighted by Gasteiger charge is -2.11. The predicted molar refractivity (Wildman–Crippen MR) is 56.5 cm³/mol. The van der Waals surface area contributed by atoms with Gasteiger partial charge < -0.3 is 14.8 Å². The number of ether oxygens (including phenoxy) is 1. The van der Waals surface area contributed by atoms with Crippen LogP contribution in [0, 0.1) is 17.6 Å². The lowest BCUT2D eigenvalue weighted by atomic mass is 9.80. The van der Waals surface area contributed by atoms with Crippen LogP contribution in [0.5, 0.6) is 5.75 Å². The number of benzene rings is 1. The maximum Gasteiger partial charge on any atom is 0.491 e. The van der Waals surface area contributed by atoms with E-state index in [1.807, 2.05) is 13.8 Å². The van der Waals surface area contributed by atoms with Gasteiger partial charge in [0.05, 0.1) is 6.61 Å². The van der Waals surface area contributed by atoms with E-state index in [0.717, 1.165) is 6.07 Å². The Balaban J connectivity index is 2.96. The molecule has 2 N–H and O–H groups in total. The van der Waals surface area contributed by atoms with E-state index >= 15 is 0 Å². The molecular weight excluding hydrogens is 217 g/mol. The Morgan fingerprint density at radius 1 is 1.25 bits per heavy atom. The zero-order valence-electron chi connectivity index (χ0n) is 9.08. The zero-order valence-corrected chi connectivity index (χ0v) is 9.08. The molecule has 3 nitrogen and oxygen atoms in total. The van der Waals surface area contributed by atoms with Crippen molar-refractivity contribution in [3.8, 4) is 5.75 Å². The van der Waals surface area contributed by atoms with Gasteiger partial charge in [-0.3, -0.25) is 0 Å². The van der Waals surface area contributed by atoms with Crippen molar-refractivity contribution in [2.75, 3.05) is 6.61 Å². The van der Waals surface area contributed by atoms with Gasteiger partial charge in [-0.25, -0.2) is 8.78 Å². The van der Waals surface area contributed by atoms with E-state index in [1.54, 1.807) is 0 Å². The van der Waals surface area contributed by atoms with Gasteiger partial charge in [0, 0.05) is 11.5 Å². The van der Waals surface area contributed by atoms with Crippen molar-refractivity contribution in [1.29, 1.82) is 0 Å². The lowest BCUT2D eigenvalue weighted by molar-refractivity contribution is 0.259. The second-order valence-corrected chi connectivity index (χ2v) is 3.88. The third-order valence-corrected chi connectivity index (χ3v) is 1.90. The molecule has 0 saturated heterocycles. The van der Waals surface area contributed by atoms with Crippen molar-refractivity contribution >= 4 is 12.6 Å². The van der Waals surface area contributed by atoms with Crippen molar-refractivity contribution in [3.05, 3.63) is 23.8 Å². The highest BCUT2D eigenvalue weighted by atomic mass is 19.1. The minimum atomic E-state index is -1.98. The molecule has 0 fully saturated rings. The van der Waals surface area contributed by atoms with E-state index in [1.165, 1.54) is 0 Å². The second-order valence-electron chi connectivity index (χ2n) is 3.88. The normalized spacial score (nSPS) is 10.7. The Morgan fingerprint density at radius 3 is 2.38 bits per heavy atom. The topological polar surface area (TPSA) is 49.7 Å². The van der Waals surface area contributed by atoms with Crippen LogP contribution in [0.25, 0.3) is 0 Å². The van der Waals surface area contributed by atoms with Gasteiger partial charge in [-0.2, -0.15) is 0 Å². The Labute approximate surface area is 92.8 Å². The van der Waals surface area contributed by atoms with Crippen LogP contribution < -0.4 is 10.2 Å². The minimum absolute atomic E-state index is 0.182. The fourth-order valence-corrected chi connectivity index (χ4v) is 1.11. The van der Waals surface area contributed by atoms with Crippen LogP contribution in [0.3, 0.4) is 0 Å². The molecular formula is C10H13BF2O3. The maximum atomic E-state index is 13.2. The van der Waals surface area contributed by atoms with Gasteiger partial charge in [0.25, 0.3) is 0 Å². The lowest BCUT2D eigenvalue weighted by Crippen LogP contribution is -2.33. The smallest absolute Gasteiger partial charge is 0.490 e. The highest BCUT2D eigenvalue weighted by molar-refractivity contribution is 6.58. The number of rotatable bonds is 4. The van der Waals surface area contributed by atoms with E-state index < -0.39 is 24.2 Å². The molecule has 1 aromatic carbocycles. The van der Waals surface area contributed by atoms with E-state index in [4.69, 9.17) is 14.8 Å². The molecule has 0 unspecified atom stereocenters. The molecule has 0 aliphatic rings. The van der Waals surface area contributed by atoms with Crippen LogP contribution in [0.2, 0.25) is 0 Å². The largest absolute Gasteiger partial charge is 0.491 e. The molecule has 1 rings (SSSR count). The Kier molecular flexibility index (Phi) is 4.26. The van der Waals surface area contributed by atoms with Gasteiger partial charge in [0.1, 0.15) is 5.82 Å². The molecule has 0 aliphatic carbocycles. The Morgan fingerprint density at radius 2 is 1.88 bits per heavy atom. The van der Waals surface area contributed by atoms with Crippen molar-refractivity contribution in [1.82, 2.24) is 0 Å². The summed E-state index contributed by atoms with van der Waals surface area (Å²) < 4.78 is 31.4. The standard InChI is InChI=1S/C10H13BF2O3/c1-6(2)5-16-10-3-7(11(14)15)8(12)4-9(10)13/h3-4,6,14-15H,5H2,1-2H3. The molecule has 0 aliphatic heterocycles. The van der Waals surface area contributed by atoms with E-state index in [9.17, 15) is 8.78 Å². The van der Waals surface area contributed by atoms with Gasteiger partial charge in [0.15, 0.2) is 11.6 Å². The second kappa shape index (κ2) is 5.27. The summed E-state index contributed by atoms with van der Waals surface area (Å²) in [5, 5.41) is 17.7. The van der Waals surface area contributed by atoms with Gasteiger partial charge in [-0.05, 0) is 12.0 Å². The summed E-state index contributed by atoms with van der Waals surface area (Å²) in [4.78, 5) is 0. The molecule has 0 saturated carbocycles. The van der Waals surface area contributed by atoms with Crippen molar-refractivity contribution in [2.45, 2.75) is 13.8 Å². The van der Waals surface area contributed by atoms with Crippen molar-refractivity contribution in [2.24, 2.45) is 5.92 Å². The first-order chi connectivity index (χ1) is 7.41. The molecule has 16 heavy (non-hydrogen) atoms. The van der Waals surface area contributed by atoms with Crippen LogP contribution in [-0.4, -0.2) is 23.8 Å². The van der Waals surface area contributed by atoms with E-state index in [-0.39, 0.29) is 18.3 Å². The highest BCUT2D eigenvalue weighted by Crippen LogP contribution is 2.17. The first-order valence-corrected chi connectivity index (χ1v) is 4.89. The summed E-state index contributed by atoms with van der Waals surface area (Å²) in [5.74, 6) is -1.86. The SMILES string of the molecule is CC(C)COc1cc(B(O)O)c(F)cc1F. The molecule has 0 amide bonds. The molecule has 0 radical (unpaired) electrons.